The quantitative estimate of drug-likeness (QED) is 0.624. The van der Waals surface area contributed by atoms with E-state index in [0.29, 0.717) is 0 Å². The molecular weight excluding hydrogens is 418 g/mol. The number of rotatable bonds is 3. The molecular formula is C19H25Cl2SiZr. The summed E-state index contributed by atoms with van der Waals surface area (Å²) in [5.41, 5.74) is 0. The normalized spacial score (nSPS) is 16.3. The number of hydrogen-bond acceptors (Lipinski definition) is 0. The Bertz CT molecular complexity index is 783. The molecule has 0 aromatic heterocycles. The molecule has 0 bridgehead atoms. The van der Waals surface area contributed by atoms with Gasteiger partial charge in [-0.05, 0) is 0 Å². The molecule has 0 saturated carbocycles. The second kappa shape index (κ2) is 6.48. The third-order valence-electron chi connectivity index (χ3n) is 5.65. The number of benzene rings is 2. The van der Waals surface area contributed by atoms with Crippen LogP contribution in [0, 0.1) is 0 Å². The van der Waals surface area contributed by atoms with E-state index in [1.807, 2.05) is 0 Å². The molecule has 123 valence electrons. The minimum atomic E-state index is -3.92. The molecule has 0 spiro atoms. The molecule has 2 aromatic carbocycles. The Morgan fingerprint density at radius 1 is 0.783 bits per heavy atom. The molecule has 0 heterocycles. The standard InChI is InChI=1S/2C6H5.C5H5.2CH3.2ClH.H2Si.Zr/c2*1-2-4-6-5-3-1;1-2-4-5-3-1;;;;;;/h2*1-5H;1-3H,4H2;2*1H3;2*1H;1H2;. The number of allylic oxidation sites excluding steroid dienone is 4. The van der Waals surface area contributed by atoms with Crippen molar-refractivity contribution in [3.05, 3.63) is 82.2 Å². The van der Waals surface area contributed by atoms with Gasteiger partial charge in [0.2, 0.25) is 0 Å². The summed E-state index contributed by atoms with van der Waals surface area (Å²) in [4.78, 5) is 0. The Balaban J connectivity index is 0.00000132. The van der Waals surface area contributed by atoms with E-state index in [1.165, 1.54) is 6.54 Å². The van der Waals surface area contributed by atoms with Crippen LogP contribution in [0.1, 0.15) is 6.42 Å². The third-order valence-corrected chi connectivity index (χ3v) is 32.1. The second-order valence-corrected chi connectivity index (χ2v) is 44.5. The van der Waals surface area contributed by atoms with Crippen LogP contribution in [0.15, 0.2) is 82.2 Å². The van der Waals surface area contributed by atoms with Crippen LogP contribution in [0.25, 0.3) is 0 Å². The van der Waals surface area contributed by atoms with Gasteiger partial charge in [0, 0.05) is 0 Å². The maximum absolute atomic E-state index is 3.92. The fraction of sp³-hybridized carbons (Fsp3) is 0.158. The summed E-state index contributed by atoms with van der Waals surface area (Å²) >= 11 is -3.92. The average Bonchev–Trinajstić information content (AvgIpc) is 3.05. The van der Waals surface area contributed by atoms with E-state index < -0.39 is 15.9 Å². The summed E-state index contributed by atoms with van der Waals surface area (Å²) in [5, 5.41) is 0. The minimum absolute atomic E-state index is 0. The van der Waals surface area contributed by atoms with Crippen molar-refractivity contribution >= 4 is 38.2 Å². The van der Waals surface area contributed by atoms with Gasteiger partial charge in [0.05, 0.1) is 0 Å². The molecule has 0 N–H and O–H groups in total. The van der Waals surface area contributed by atoms with Gasteiger partial charge in [-0.2, -0.15) is 0 Å². The topological polar surface area (TPSA) is 0 Å². The summed E-state index contributed by atoms with van der Waals surface area (Å²) < 4.78 is 9.90. The summed E-state index contributed by atoms with van der Waals surface area (Å²) in [6.07, 6.45) is 8.01. The zero-order chi connectivity index (χ0) is 15.0. The van der Waals surface area contributed by atoms with Crippen LogP contribution < -0.4 is 6.54 Å². The zero-order valence-corrected chi connectivity index (χ0v) is 19.2. The van der Waals surface area contributed by atoms with E-state index in [9.17, 15) is 0 Å². The van der Waals surface area contributed by atoms with Gasteiger partial charge in [-0.25, -0.2) is 0 Å². The molecule has 0 unspecified atom stereocenters. The molecule has 2 aromatic rings. The van der Waals surface area contributed by atoms with Gasteiger partial charge < -0.3 is 0 Å². The Kier molecular flexibility index (Phi) is 5.82. The van der Waals surface area contributed by atoms with E-state index in [-0.39, 0.29) is 24.8 Å². The fourth-order valence-electron chi connectivity index (χ4n) is 3.78. The van der Waals surface area contributed by atoms with Crippen LogP contribution in [0.4, 0.5) is 0 Å². The van der Waals surface area contributed by atoms with Crippen molar-refractivity contribution in [2.45, 2.75) is 15.7 Å². The van der Waals surface area contributed by atoms with Gasteiger partial charge in [0.25, 0.3) is 0 Å². The molecule has 0 saturated heterocycles. The van der Waals surface area contributed by atoms with Crippen molar-refractivity contribution in [3.63, 3.8) is 0 Å². The van der Waals surface area contributed by atoms with Crippen LogP contribution in [-0.4, -0.2) is 6.88 Å². The predicted octanol–water partition coefficient (Wildman–Crippen LogP) is 4.19. The molecule has 0 atom stereocenters. The number of halogens is 2. The van der Waals surface area contributed by atoms with Gasteiger partial charge in [-0.1, -0.05) is 0 Å². The van der Waals surface area contributed by atoms with Crippen molar-refractivity contribution in [3.8, 4) is 0 Å². The zero-order valence-electron chi connectivity index (χ0n) is 13.7. The van der Waals surface area contributed by atoms with Gasteiger partial charge in [0.1, 0.15) is 0 Å². The van der Waals surface area contributed by atoms with Crippen molar-refractivity contribution in [2.24, 2.45) is 0 Å². The first-order chi connectivity index (χ1) is 9.88. The molecule has 23 heavy (non-hydrogen) atoms. The first-order valence-electron chi connectivity index (χ1n) is 7.64. The van der Waals surface area contributed by atoms with Gasteiger partial charge in [-0.15, -0.1) is 24.8 Å². The molecule has 0 fully saturated rings. The van der Waals surface area contributed by atoms with Crippen LogP contribution in [0.3, 0.4) is 0 Å². The number of hydrogen-bond donors (Lipinski definition) is 0. The van der Waals surface area contributed by atoms with Crippen molar-refractivity contribution in [1.82, 2.24) is 0 Å². The maximum atomic E-state index is 2.59. The average molecular weight is 444 g/mol. The van der Waals surface area contributed by atoms with Crippen LogP contribution in [0.2, 0.25) is 9.26 Å². The monoisotopic (exact) mass is 441 g/mol. The summed E-state index contributed by atoms with van der Waals surface area (Å²) in [6, 6.07) is 22.4. The first-order valence-corrected chi connectivity index (χ1v) is 22.2. The van der Waals surface area contributed by atoms with Gasteiger partial charge in [-0.3, -0.25) is 0 Å². The molecule has 3 rings (SSSR count). The van der Waals surface area contributed by atoms with E-state index in [4.69, 9.17) is 0 Å². The Labute approximate surface area is 151 Å². The molecule has 0 nitrogen and oxygen atoms in total. The van der Waals surface area contributed by atoms with Crippen molar-refractivity contribution in [2.75, 3.05) is 0 Å². The van der Waals surface area contributed by atoms with Crippen LogP contribution >= 0.6 is 24.8 Å². The van der Waals surface area contributed by atoms with E-state index >= 15 is 0 Å². The second-order valence-electron chi connectivity index (χ2n) is 7.67. The van der Waals surface area contributed by atoms with Crippen LogP contribution in [0.5, 0.6) is 0 Å². The summed E-state index contributed by atoms with van der Waals surface area (Å²) in [5.74, 6) is 0. The van der Waals surface area contributed by atoms with Crippen molar-refractivity contribution < 1.29 is 15.9 Å². The molecule has 0 radical (unpaired) electrons. The molecule has 0 amide bonds. The van der Waals surface area contributed by atoms with Crippen molar-refractivity contribution in [1.29, 1.82) is 0 Å². The molecule has 0 aliphatic heterocycles. The van der Waals surface area contributed by atoms with E-state index in [1.54, 1.807) is 3.28 Å². The Hall–Kier alpha value is -0.400. The fourth-order valence-corrected chi connectivity index (χ4v) is 21.7. The summed E-state index contributed by atoms with van der Waals surface area (Å²) in [6.45, 7) is 2.30. The summed E-state index contributed by atoms with van der Waals surface area (Å²) in [7, 11) is 0. The van der Waals surface area contributed by atoms with Crippen LogP contribution in [-0.2, 0) is 15.9 Å². The van der Waals surface area contributed by atoms with Gasteiger partial charge in [0.15, 0.2) is 0 Å². The van der Waals surface area contributed by atoms with Gasteiger partial charge >= 0.3 is 127 Å². The molecule has 1 aliphatic rings. The third kappa shape index (κ3) is 3.00. The van der Waals surface area contributed by atoms with E-state index in [2.05, 4.69) is 95.0 Å². The SMILES string of the molecule is Cl.Cl.[CH3][Zr]([CH3])(=[SiH2])([C]1=CC=CC1)([c]1ccccc1)[c]1ccccc1. The Morgan fingerprint density at radius 2 is 1.22 bits per heavy atom. The van der Waals surface area contributed by atoms with E-state index in [0.717, 1.165) is 6.42 Å². The predicted molar refractivity (Wildman–Crippen MR) is 109 cm³/mol. The first kappa shape index (κ1) is 20.6. The Morgan fingerprint density at radius 3 is 1.57 bits per heavy atom. The molecule has 4 heteroatoms. The molecule has 1 aliphatic carbocycles.